The second-order valence-corrected chi connectivity index (χ2v) is 6.69. The summed E-state index contributed by atoms with van der Waals surface area (Å²) >= 11 is 0. The van der Waals surface area contributed by atoms with Gasteiger partial charge in [-0.3, -0.25) is 9.59 Å². The summed E-state index contributed by atoms with van der Waals surface area (Å²) in [5, 5.41) is 5.67. The minimum Gasteiger partial charge on any atom is -0.497 e. The molecule has 3 rings (SSSR count). The number of benzene rings is 1. The molecule has 0 saturated heterocycles. The smallest absolute Gasteiger partial charge is 0.287 e. The standard InChI is InChI=1S/C21H26N4O3/c1-3-12-22-20(26)18-17-6-4-5-14-25(17)19(24-18)21(27)23-13-11-15-7-9-16(28-2)10-8-15/h3,7-10H,1,4-6,11-14H2,2H3,(H,22,26)(H,23,27). The van der Waals surface area contributed by atoms with Crippen LogP contribution in [0.1, 0.15) is 45.2 Å². The van der Waals surface area contributed by atoms with Crippen LogP contribution in [0.15, 0.2) is 36.9 Å². The molecule has 0 saturated carbocycles. The second kappa shape index (κ2) is 9.21. The van der Waals surface area contributed by atoms with E-state index in [0.717, 1.165) is 36.3 Å². The maximum absolute atomic E-state index is 12.7. The van der Waals surface area contributed by atoms with Gasteiger partial charge in [-0.1, -0.05) is 18.2 Å². The van der Waals surface area contributed by atoms with E-state index in [0.29, 0.717) is 37.6 Å². The molecule has 28 heavy (non-hydrogen) atoms. The van der Waals surface area contributed by atoms with E-state index in [-0.39, 0.29) is 11.8 Å². The number of rotatable bonds is 8. The summed E-state index contributed by atoms with van der Waals surface area (Å²) in [6, 6.07) is 7.75. The molecule has 0 unspecified atom stereocenters. The Bertz CT molecular complexity index is 855. The lowest BCUT2D eigenvalue weighted by Gasteiger charge is -2.17. The zero-order valence-corrected chi connectivity index (χ0v) is 16.2. The minimum atomic E-state index is -0.261. The minimum absolute atomic E-state index is 0.251. The monoisotopic (exact) mass is 382 g/mol. The summed E-state index contributed by atoms with van der Waals surface area (Å²) in [5.41, 5.74) is 2.30. The van der Waals surface area contributed by atoms with Gasteiger partial charge in [-0.05, 0) is 43.4 Å². The fourth-order valence-electron chi connectivity index (χ4n) is 3.34. The average Bonchev–Trinajstić information content (AvgIpc) is 3.12. The number of aromatic nitrogens is 2. The predicted octanol–water partition coefficient (Wildman–Crippen LogP) is 2.12. The van der Waals surface area contributed by atoms with E-state index in [2.05, 4.69) is 22.2 Å². The maximum Gasteiger partial charge on any atom is 0.287 e. The lowest BCUT2D eigenvalue weighted by atomic mass is 10.1. The van der Waals surface area contributed by atoms with Gasteiger partial charge in [-0.15, -0.1) is 6.58 Å². The van der Waals surface area contributed by atoms with Gasteiger partial charge in [0.05, 0.1) is 12.8 Å². The van der Waals surface area contributed by atoms with Gasteiger partial charge in [0.2, 0.25) is 0 Å². The van der Waals surface area contributed by atoms with Crippen LogP contribution in [0.3, 0.4) is 0 Å². The predicted molar refractivity (Wildman–Crippen MR) is 107 cm³/mol. The van der Waals surface area contributed by atoms with Gasteiger partial charge in [0.25, 0.3) is 11.8 Å². The van der Waals surface area contributed by atoms with Gasteiger partial charge in [0.15, 0.2) is 5.82 Å². The highest BCUT2D eigenvalue weighted by Gasteiger charge is 2.27. The highest BCUT2D eigenvalue weighted by Crippen LogP contribution is 2.21. The van der Waals surface area contributed by atoms with Crippen LogP contribution in [-0.4, -0.2) is 41.6 Å². The third-order valence-corrected chi connectivity index (χ3v) is 4.80. The zero-order valence-electron chi connectivity index (χ0n) is 16.2. The molecule has 2 heterocycles. The molecule has 0 aliphatic carbocycles. The Kier molecular flexibility index (Phi) is 6.47. The van der Waals surface area contributed by atoms with Crippen molar-refractivity contribution in [3.63, 3.8) is 0 Å². The molecule has 1 aliphatic rings. The molecule has 2 amide bonds. The van der Waals surface area contributed by atoms with Crippen LogP contribution in [0.2, 0.25) is 0 Å². The molecule has 1 aromatic carbocycles. The Hall–Kier alpha value is -3.09. The van der Waals surface area contributed by atoms with Crippen LogP contribution < -0.4 is 15.4 Å². The third kappa shape index (κ3) is 4.42. The Morgan fingerprint density at radius 3 is 2.71 bits per heavy atom. The van der Waals surface area contributed by atoms with Crippen molar-refractivity contribution in [2.75, 3.05) is 20.2 Å². The van der Waals surface area contributed by atoms with Crippen molar-refractivity contribution in [3.8, 4) is 5.75 Å². The number of amides is 2. The number of nitrogens with zero attached hydrogens (tertiary/aromatic N) is 2. The first-order valence-corrected chi connectivity index (χ1v) is 9.53. The average molecular weight is 382 g/mol. The number of imidazole rings is 1. The van der Waals surface area contributed by atoms with Gasteiger partial charge < -0.3 is 19.9 Å². The van der Waals surface area contributed by atoms with Gasteiger partial charge in [0.1, 0.15) is 11.4 Å². The fraction of sp³-hybridized carbons (Fsp3) is 0.381. The first kappa shape index (κ1) is 19.7. The number of nitrogens with one attached hydrogen (secondary N) is 2. The molecule has 2 aromatic rings. The number of hydrogen-bond donors (Lipinski definition) is 2. The van der Waals surface area contributed by atoms with Crippen molar-refractivity contribution in [1.29, 1.82) is 0 Å². The molecule has 1 aliphatic heterocycles. The summed E-state index contributed by atoms with van der Waals surface area (Å²) in [6.45, 7) is 5.17. The summed E-state index contributed by atoms with van der Waals surface area (Å²) in [6.07, 6.45) is 5.04. The lowest BCUT2D eigenvalue weighted by molar-refractivity contribution is 0.0938. The second-order valence-electron chi connectivity index (χ2n) is 6.69. The van der Waals surface area contributed by atoms with Crippen molar-refractivity contribution in [2.24, 2.45) is 0 Å². The summed E-state index contributed by atoms with van der Waals surface area (Å²) in [7, 11) is 1.63. The molecule has 0 spiro atoms. The highest BCUT2D eigenvalue weighted by molar-refractivity contribution is 5.97. The summed E-state index contributed by atoms with van der Waals surface area (Å²) < 4.78 is 7.03. The van der Waals surface area contributed by atoms with Crippen LogP contribution in [0.25, 0.3) is 0 Å². The Balaban J connectivity index is 1.67. The number of carbonyl (C=O) groups is 2. The van der Waals surface area contributed by atoms with Gasteiger partial charge in [-0.25, -0.2) is 4.98 Å². The molecule has 2 N–H and O–H groups in total. The molecule has 0 radical (unpaired) electrons. The molecular weight excluding hydrogens is 356 g/mol. The maximum atomic E-state index is 12.7. The van der Waals surface area contributed by atoms with Gasteiger partial charge in [0, 0.05) is 19.6 Å². The van der Waals surface area contributed by atoms with Crippen LogP contribution in [0.4, 0.5) is 0 Å². The fourth-order valence-corrected chi connectivity index (χ4v) is 3.34. The van der Waals surface area contributed by atoms with E-state index < -0.39 is 0 Å². The first-order valence-electron chi connectivity index (χ1n) is 9.53. The van der Waals surface area contributed by atoms with Gasteiger partial charge >= 0.3 is 0 Å². The molecule has 7 nitrogen and oxygen atoms in total. The molecule has 0 fully saturated rings. The van der Waals surface area contributed by atoms with E-state index in [1.54, 1.807) is 13.2 Å². The number of ether oxygens (including phenoxy) is 1. The zero-order chi connectivity index (χ0) is 19.9. The third-order valence-electron chi connectivity index (χ3n) is 4.80. The molecule has 0 bridgehead atoms. The Morgan fingerprint density at radius 1 is 1.21 bits per heavy atom. The van der Waals surface area contributed by atoms with Crippen LogP contribution in [0, 0.1) is 0 Å². The lowest BCUT2D eigenvalue weighted by Crippen LogP contribution is -2.29. The van der Waals surface area contributed by atoms with Crippen molar-refractivity contribution in [3.05, 3.63) is 59.7 Å². The van der Waals surface area contributed by atoms with Crippen LogP contribution in [-0.2, 0) is 19.4 Å². The van der Waals surface area contributed by atoms with Crippen LogP contribution >= 0.6 is 0 Å². The van der Waals surface area contributed by atoms with E-state index in [1.165, 1.54) is 0 Å². The Morgan fingerprint density at radius 2 is 2.00 bits per heavy atom. The van der Waals surface area contributed by atoms with E-state index >= 15 is 0 Å². The largest absolute Gasteiger partial charge is 0.497 e. The summed E-state index contributed by atoms with van der Waals surface area (Å²) in [5.74, 6) is 0.606. The molecule has 1 aromatic heterocycles. The quantitative estimate of drug-likeness (QED) is 0.685. The van der Waals surface area contributed by atoms with Gasteiger partial charge in [-0.2, -0.15) is 0 Å². The van der Waals surface area contributed by atoms with Crippen LogP contribution in [0.5, 0.6) is 5.75 Å². The molecule has 7 heteroatoms. The summed E-state index contributed by atoms with van der Waals surface area (Å²) in [4.78, 5) is 29.5. The van der Waals surface area contributed by atoms with Crippen molar-refractivity contribution in [1.82, 2.24) is 20.2 Å². The SMILES string of the molecule is C=CCNC(=O)c1nc(C(=O)NCCc2ccc(OC)cc2)n2c1CCCC2. The Labute approximate surface area is 164 Å². The molecular formula is C21H26N4O3. The van der Waals surface area contributed by atoms with E-state index in [4.69, 9.17) is 4.74 Å². The van der Waals surface area contributed by atoms with E-state index in [1.807, 2.05) is 28.8 Å². The number of carbonyl (C=O) groups excluding carboxylic acids is 2. The van der Waals surface area contributed by atoms with E-state index in [9.17, 15) is 9.59 Å². The normalized spacial score (nSPS) is 12.8. The van der Waals surface area contributed by atoms with Crippen molar-refractivity contribution >= 4 is 11.8 Å². The molecule has 148 valence electrons. The number of fused-ring (bicyclic) bond motifs is 1. The highest BCUT2D eigenvalue weighted by atomic mass is 16.5. The number of hydrogen-bond acceptors (Lipinski definition) is 4. The molecule has 0 atom stereocenters. The number of methoxy groups -OCH3 is 1. The topological polar surface area (TPSA) is 85.2 Å². The van der Waals surface area contributed by atoms with Crippen molar-refractivity contribution in [2.45, 2.75) is 32.2 Å². The van der Waals surface area contributed by atoms with Crippen molar-refractivity contribution < 1.29 is 14.3 Å². The first-order chi connectivity index (χ1) is 13.6.